The summed E-state index contributed by atoms with van der Waals surface area (Å²) in [5, 5.41) is 3.33. The maximum Gasteiger partial charge on any atom is 0.438 e. The third-order valence-electron chi connectivity index (χ3n) is 8.81. The van der Waals surface area contributed by atoms with Gasteiger partial charge in [0.25, 0.3) is 0 Å². The Labute approximate surface area is 249 Å². The highest BCUT2D eigenvalue weighted by Crippen LogP contribution is 2.39. The van der Waals surface area contributed by atoms with Crippen molar-refractivity contribution in [1.82, 2.24) is 19.9 Å². The number of hydrogen-bond acceptors (Lipinski definition) is 10. The van der Waals surface area contributed by atoms with E-state index in [0.717, 1.165) is 38.5 Å². The van der Waals surface area contributed by atoms with Gasteiger partial charge in [-0.3, -0.25) is 0 Å². The van der Waals surface area contributed by atoms with Crippen molar-refractivity contribution in [2.24, 2.45) is 0 Å². The molecule has 0 aromatic rings. The minimum Gasteiger partial charge on any atom is -0.444 e. The minimum atomic E-state index is -1.03. The van der Waals surface area contributed by atoms with Gasteiger partial charge in [-0.25, -0.2) is 19.2 Å². The lowest BCUT2D eigenvalue weighted by atomic mass is 9.80. The first kappa shape index (κ1) is 32.3. The highest BCUT2D eigenvalue weighted by molar-refractivity contribution is 6.29. The maximum atomic E-state index is 13.1. The van der Waals surface area contributed by atoms with Crippen molar-refractivity contribution in [3.05, 3.63) is 0 Å². The van der Waals surface area contributed by atoms with Crippen molar-refractivity contribution in [3.63, 3.8) is 0 Å². The first-order valence-corrected chi connectivity index (χ1v) is 15.6. The molecule has 0 bridgehead atoms. The normalized spacial score (nSPS) is 23.4. The molecule has 4 fully saturated rings. The fraction of sp³-hybridized carbons (Fsp3) is 0.867. The molecule has 4 rings (SSSR count). The summed E-state index contributed by atoms with van der Waals surface area (Å²) >= 11 is 0. The van der Waals surface area contributed by atoms with Crippen LogP contribution in [0.2, 0.25) is 0 Å². The molecule has 4 aliphatic heterocycles. The van der Waals surface area contributed by atoms with Crippen LogP contribution in [-0.4, -0.2) is 106 Å². The molecule has 12 heteroatoms. The van der Waals surface area contributed by atoms with Crippen LogP contribution in [0.4, 0.5) is 9.59 Å². The van der Waals surface area contributed by atoms with E-state index in [0.29, 0.717) is 65.0 Å². The second kappa shape index (κ2) is 12.6. The molecule has 238 valence electrons. The monoisotopic (exact) mass is 594 g/mol. The predicted octanol–water partition coefficient (Wildman–Crippen LogP) is 4.41. The SMILES string of the molecule is CC(C)(C)OC(=O)N1CCC2(CCCCN2OC(=O)C(=O)ON2CCCCC23CCN(C(=O)OC(C)(C)C)CC3)CC1. The fourth-order valence-electron chi connectivity index (χ4n) is 6.57. The quantitative estimate of drug-likeness (QED) is 0.425. The van der Waals surface area contributed by atoms with E-state index in [2.05, 4.69) is 0 Å². The largest absolute Gasteiger partial charge is 0.444 e. The van der Waals surface area contributed by atoms with E-state index in [9.17, 15) is 19.2 Å². The zero-order valence-corrected chi connectivity index (χ0v) is 26.4. The Morgan fingerprint density at radius 3 is 1.14 bits per heavy atom. The number of rotatable bonds is 2. The van der Waals surface area contributed by atoms with Crippen molar-refractivity contribution in [1.29, 1.82) is 0 Å². The Balaban J connectivity index is 1.33. The molecule has 4 saturated heterocycles. The third-order valence-corrected chi connectivity index (χ3v) is 8.81. The second-order valence-corrected chi connectivity index (χ2v) is 14.3. The number of ether oxygens (including phenoxy) is 2. The number of amides is 2. The molecular formula is C30H50N4O8. The van der Waals surface area contributed by atoms with Crippen LogP contribution in [0.25, 0.3) is 0 Å². The number of nitrogens with zero attached hydrogens (tertiary/aromatic N) is 4. The smallest absolute Gasteiger partial charge is 0.438 e. The molecule has 0 unspecified atom stereocenters. The number of piperidine rings is 4. The van der Waals surface area contributed by atoms with Crippen LogP contribution < -0.4 is 0 Å². The van der Waals surface area contributed by atoms with Crippen LogP contribution in [0.15, 0.2) is 0 Å². The molecule has 0 atom stereocenters. The third kappa shape index (κ3) is 7.86. The van der Waals surface area contributed by atoms with Gasteiger partial charge in [0.1, 0.15) is 11.2 Å². The van der Waals surface area contributed by atoms with Gasteiger partial charge < -0.3 is 28.9 Å². The zero-order chi connectivity index (χ0) is 30.8. The molecule has 2 amide bonds. The van der Waals surface area contributed by atoms with Gasteiger partial charge in [-0.2, -0.15) is 0 Å². The summed E-state index contributed by atoms with van der Waals surface area (Å²) in [6, 6.07) is 0. The average Bonchev–Trinajstić information content (AvgIpc) is 2.90. The van der Waals surface area contributed by atoms with Crippen LogP contribution in [-0.2, 0) is 28.7 Å². The van der Waals surface area contributed by atoms with E-state index in [4.69, 9.17) is 19.1 Å². The lowest BCUT2D eigenvalue weighted by Crippen LogP contribution is -2.60. The first-order valence-electron chi connectivity index (χ1n) is 15.6. The Hall–Kier alpha value is -2.60. The minimum absolute atomic E-state index is 0.340. The molecule has 0 aliphatic carbocycles. The van der Waals surface area contributed by atoms with Crippen LogP contribution in [0.5, 0.6) is 0 Å². The zero-order valence-electron chi connectivity index (χ0n) is 26.4. The summed E-state index contributed by atoms with van der Waals surface area (Å²) in [6.07, 6.45) is 7.13. The first-order chi connectivity index (χ1) is 19.6. The van der Waals surface area contributed by atoms with Gasteiger partial charge in [-0.15, -0.1) is 10.1 Å². The van der Waals surface area contributed by atoms with Gasteiger partial charge in [0.2, 0.25) is 0 Å². The van der Waals surface area contributed by atoms with E-state index < -0.39 is 34.2 Å². The highest BCUT2D eigenvalue weighted by Gasteiger charge is 2.48. The Morgan fingerprint density at radius 2 is 0.833 bits per heavy atom. The lowest BCUT2D eigenvalue weighted by Gasteiger charge is -2.50. The highest BCUT2D eigenvalue weighted by atomic mass is 16.8. The average molecular weight is 595 g/mol. The molecule has 0 saturated carbocycles. The maximum absolute atomic E-state index is 13.1. The molecule has 0 aromatic carbocycles. The topological polar surface area (TPSA) is 118 Å². The van der Waals surface area contributed by atoms with Crippen molar-refractivity contribution < 1.29 is 38.3 Å². The molecule has 12 nitrogen and oxygen atoms in total. The van der Waals surface area contributed by atoms with Crippen LogP contribution in [0, 0.1) is 0 Å². The van der Waals surface area contributed by atoms with E-state index >= 15 is 0 Å². The molecule has 42 heavy (non-hydrogen) atoms. The summed E-state index contributed by atoms with van der Waals surface area (Å²) in [5.41, 5.74) is -1.98. The van der Waals surface area contributed by atoms with Gasteiger partial charge in [0.15, 0.2) is 0 Å². The number of hydrogen-bond donors (Lipinski definition) is 0. The Bertz CT molecular complexity index is 924. The molecule has 0 N–H and O–H groups in total. The molecule has 4 heterocycles. The number of likely N-dealkylation sites (tertiary alicyclic amines) is 2. The summed E-state index contributed by atoms with van der Waals surface area (Å²) in [6.45, 7) is 14.1. The second-order valence-electron chi connectivity index (χ2n) is 14.3. The molecule has 4 aliphatic rings. The Morgan fingerprint density at radius 1 is 0.500 bits per heavy atom. The van der Waals surface area contributed by atoms with E-state index in [1.807, 2.05) is 41.5 Å². The fourth-order valence-corrected chi connectivity index (χ4v) is 6.57. The van der Waals surface area contributed by atoms with Crippen LogP contribution >= 0.6 is 0 Å². The molecule has 0 aromatic heterocycles. The van der Waals surface area contributed by atoms with Gasteiger partial charge in [0.05, 0.1) is 11.1 Å². The van der Waals surface area contributed by atoms with Crippen molar-refractivity contribution >= 4 is 24.1 Å². The number of carbonyl (C=O) groups excluding carboxylic acids is 4. The van der Waals surface area contributed by atoms with Crippen molar-refractivity contribution in [2.75, 3.05) is 39.3 Å². The lowest BCUT2D eigenvalue weighted by molar-refractivity contribution is -0.261. The van der Waals surface area contributed by atoms with E-state index in [1.54, 1.807) is 19.9 Å². The molecule has 0 radical (unpaired) electrons. The summed E-state index contributed by atoms with van der Waals surface area (Å²) in [7, 11) is 0. The van der Waals surface area contributed by atoms with Crippen LogP contribution in [0.3, 0.4) is 0 Å². The van der Waals surface area contributed by atoms with Crippen LogP contribution in [0.1, 0.15) is 106 Å². The van der Waals surface area contributed by atoms with Gasteiger partial charge in [0, 0.05) is 39.3 Å². The van der Waals surface area contributed by atoms with E-state index in [-0.39, 0.29) is 12.2 Å². The standard InChI is InChI=1S/C30H50N4O8/c1-27(2,3)39-25(37)31-19-13-29(14-20-31)11-7-9-17-33(29)41-23(35)24(36)42-34-18-10-8-12-30(34)15-21-32(22-16-30)26(38)40-28(4,5)6/h7-22H2,1-6H3. The van der Waals surface area contributed by atoms with Gasteiger partial charge >= 0.3 is 24.1 Å². The summed E-state index contributed by atoms with van der Waals surface area (Å²) in [5.74, 6) is -2.06. The summed E-state index contributed by atoms with van der Waals surface area (Å²) < 4.78 is 11.1. The predicted molar refractivity (Wildman–Crippen MR) is 153 cm³/mol. The van der Waals surface area contributed by atoms with Gasteiger partial charge in [-0.1, -0.05) is 12.8 Å². The Kier molecular flexibility index (Phi) is 9.66. The van der Waals surface area contributed by atoms with Crippen molar-refractivity contribution in [3.8, 4) is 0 Å². The molecular weight excluding hydrogens is 544 g/mol. The number of carbonyl (C=O) groups is 4. The van der Waals surface area contributed by atoms with E-state index in [1.165, 1.54) is 0 Å². The van der Waals surface area contributed by atoms with Crippen molar-refractivity contribution in [2.45, 2.75) is 128 Å². The number of hydroxylamine groups is 4. The summed E-state index contributed by atoms with van der Waals surface area (Å²) in [4.78, 5) is 66.1. The van der Waals surface area contributed by atoms with Gasteiger partial charge in [-0.05, 0) is 92.9 Å². The molecule has 2 spiro atoms.